The molecule has 2 unspecified atom stereocenters. The smallest absolute Gasteiger partial charge is 0.220 e. The van der Waals surface area contributed by atoms with Crippen LogP contribution in [0.15, 0.2) is 24.3 Å². The van der Waals surface area contributed by atoms with E-state index in [9.17, 15) is 0 Å². The van der Waals surface area contributed by atoms with Gasteiger partial charge in [0.25, 0.3) is 0 Å². The van der Waals surface area contributed by atoms with Crippen molar-refractivity contribution < 1.29 is 37.7 Å². The second-order valence-electron chi connectivity index (χ2n) is 5.57. The molecular weight excluding hydrogens is 230 g/mol. The van der Waals surface area contributed by atoms with Crippen LogP contribution in [0.2, 0.25) is 0 Å². The molecule has 0 aliphatic rings. The van der Waals surface area contributed by atoms with E-state index in [4.69, 9.17) is 0 Å². The molecule has 0 aromatic heterocycles. The molecule has 0 radical (unpaired) electrons. The molecule has 0 aliphatic carbocycles. The first kappa shape index (κ1) is 22.4. The van der Waals surface area contributed by atoms with E-state index in [1.165, 1.54) is 36.8 Å². The van der Waals surface area contributed by atoms with Gasteiger partial charge >= 0.3 is 37.7 Å². The second kappa shape index (κ2) is 12.9. The summed E-state index contributed by atoms with van der Waals surface area (Å²) in [4.78, 5) is 0. The van der Waals surface area contributed by atoms with E-state index in [0.29, 0.717) is 0 Å². The molecule has 0 saturated carbocycles. The third kappa shape index (κ3) is 9.16. The zero-order valence-electron chi connectivity index (χ0n) is 14.4. The maximum Gasteiger partial charge on any atom is 1.00 e. The molecular formula is C18H28Li2. The maximum absolute atomic E-state index is 2.35. The number of hydrogen-bond donors (Lipinski definition) is 0. The Hall–Kier alpha value is 0.155. The van der Waals surface area contributed by atoms with Crippen molar-refractivity contribution in [2.24, 2.45) is 11.8 Å². The summed E-state index contributed by atoms with van der Waals surface area (Å²) >= 11 is 0. The van der Waals surface area contributed by atoms with Crippen molar-refractivity contribution in [1.82, 2.24) is 0 Å². The monoisotopic (exact) mass is 258 g/mol. The predicted octanol–water partition coefficient (Wildman–Crippen LogP) is -0.328. The van der Waals surface area contributed by atoms with E-state index in [2.05, 4.69) is 64.8 Å². The van der Waals surface area contributed by atoms with Gasteiger partial charge in [-0.15, -0.1) is 0 Å². The maximum atomic E-state index is 2.35. The van der Waals surface area contributed by atoms with Crippen molar-refractivity contribution in [2.45, 2.75) is 53.4 Å². The van der Waals surface area contributed by atoms with E-state index < -0.39 is 0 Å². The van der Waals surface area contributed by atoms with Crippen molar-refractivity contribution in [3.05, 3.63) is 48.2 Å². The van der Waals surface area contributed by atoms with Gasteiger partial charge in [0.2, 0.25) is 0 Å². The van der Waals surface area contributed by atoms with Crippen LogP contribution >= 0.6 is 0 Å². The van der Waals surface area contributed by atoms with Gasteiger partial charge in [0.1, 0.15) is 0 Å². The number of benzene rings is 1. The molecule has 2 atom stereocenters. The molecule has 1 rings (SSSR count). The minimum absolute atomic E-state index is 0. The summed E-state index contributed by atoms with van der Waals surface area (Å²) in [5, 5.41) is 0. The summed E-state index contributed by atoms with van der Waals surface area (Å²) in [6.07, 6.45) is 9.60. The Labute approximate surface area is 150 Å². The number of hydrogen-bond acceptors (Lipinski definition) is 0. The first-order valence-corrected chi connectivity index (χ1v) is 7.42. The van der Waals surface area contributed by atoms with Crippen LogP contribution in [0.3, 0.4) is 0 Å². The summed E-state index contributed by atoms with van der Waals surface area (Å²) in [6, 6.07) is 8.96. The molecule has 102 valence electrons. The van der Waals surface area contributed by atoms with Crippen LogP contribution < -0.4 is 37.7 Å². The van der Waals surface area contributed by atoms with Crippen LogP contribution in [0, 0.1) is 24.7 Å². The molecule has 0 heterocycles. The van der Waals surface area contributed by atoms with E-state index in [-0.39, 0.29) is 37.7 Å². The number of rotatable bonds is 8. The van der Waals surface area contributed by atoms with Gasteiger partial charge in [-0.25, -0.2) is 35.4 Å². The van der Waals surface area contributed by atoms with Crippen molar-refractivity contribution in [1.29, 1.82) is 0 Å². The summed E-state index contributed by atoms with van der Waals surface area (Å²) < 4.78 is 0. The molecule has 0 aliphatic heterocycles. The Balaban J connectivity index is 0. The minimum atomic E-state index is 0. The third-order valence-corrected chi connectivity index (χ3v) is 3.84. The van der Waals surface area contributed by atoms with Gasteiger partial charge in [-0.2, -0.15) is 12.8 Å². The van der Waals surface area contributed by atoms with Crippen molar-refractivity contribution in [3.63, 3.8) is 0 Å². The minimum Gasteiger partial charge on any atom is -0.220 e. The SMILES string of the molecule is CCC(C)C[CH-]c1ccc([CH-]CC(C)CC)cc1.[Li+].[Li+]. The quantitative estimate of drug-likeness (QED) is 0.442. The van der Waals surface area contributed by atoms with Crippen molar-refractivity contribution in [3.8, 4) is 0 Å². The molecule has 0 bridgehead atoms. The summed E-state index contributed by atoms with van der Waals surface area (Å²) in [5.41, 5.74) is 2.71. The Morgan fingerprint density at radius 1 is 0.750 bits per heavy atom. The fraction of sp³-hybridized carbons (Fsp3) is 0.556. The van der Waals surface area contributed by atoms with E-state index in [0.717, 1.165) is 11.8 Å². The van der Waals surface area contributed by atoms with Gasteiger partial charge < -0.3 is 0 Å². The Kier molecular flexibility index (Phi) is 14.4. The van der Waals surface area contributed by atoms with Gasteiger partial charge in [0.05, 0.1) is 0 Å². The van der Waals surface area contributed by atoms with Crippen LogP contribution in [-0.4, -0.2) is 0 Å². The van der Waals surface area contributed by atoms with Crippen LogP contribution in [0.4, 0.5) is 0 Å². The van der Waals surface area contributed by atoms with Crippen LogP contribution in [0.1, 0.15) is 64.5 Å². The average molecular weight is 258 g/mol. The van der Waals surface area contributed by atoms with Gasteiger partial charge in [-0.1, -0.05) is 65.2 Å². The molecule has 0 N–H and O–H groups in total. The van der Waals surface area contributed by atoms with Gasteiger partial charge in [0.15, 0.2) is 0 Å². The zero-order valence-corrected chi connectivity index (χ0v) is 14.4. The molecule has 0 fully saturated rings. The standard InChI is InChI=1S/C18H28.2Li/c1-5-15(3)7-9-17-11-13-18(14-12-17)10-8-16(4)6-2;;/h9-16H,5-8H2,1-4H3;;/q-2;2*+1. The molecule has 0 saturated heterocycles. The molecule has 0 spiro atoms. The molecule has 2 heteroatoms. The topological polar surface area (TPSA) is 0 Å². The zero-order chi connectivity index (χ0) is 13.4. The van der Waals surface area contributed by atoms with Crippen LogP contribution in [0.5, 0.6) is 0 Å². The molecule has 1 aromatic carbocycles. The fourth-order valence-corrected chi connectivity index (χ4v) is 1.78. The average Bonchev–Trinajstić information content (AvgIpc) is 2.43. The fourth-order valence-electron chi connectivity index (χ4n) is 1.78. The second-order valence-corrected chi connectivity index (χ2v) is 5.57. The van der Waals surface area contributed by atoms with Gasteiger partial charge in [-0.05, 0) is 0 Å². The first-order chi connectivity index (χ1) is 8.65. The van der Waals surface area contributed by atoms with Crippen molar-refractivity contribution in [2.75, 3.05) is 0 Å². The summed E-state index contributed by atoms with van der Waals surface area (Å²) in [7, 11) is 0. The predicted molar refractivity (Wildman–Crippen MR) is 81.4 cm³/mol. The Bertz CT molecular complexity index is 286. The molecule has 0 nitrogen and oxygen atoms in total. The van der Waals surface area contributed by atoms with Gasteiger partial charge in [-0.3, -0.25) is 0 Å². The normalized spacial score (nSPS) is 12.6. The van der Waals surface area contributed by atoms with E-state index in [1.807, 2.05) is 0 Å². The van der Waals surface area contributed by atoms with E-state index >= 15 is 0 Å². The largest absolute Gasteiger partial charge is 1.00 e. The Morgan fingerprint density at radius 3 is 1.30 bits per heavy atom. The Morgan fingerprint density at radius 2 is 1.05 bits per heavy atom. The van der Waals surface area contributed by atoms with E-state index in [1.54, 1.807) is 0 Å². The van der Waals surface area contributed by atoms with Crippen LogP contribution in [0.25, 0.3) is 0 Å². The molecule has 20 heavy (non-hydrogen) atoms. The van der Waals surface area contributed by atoms with Gasteiger partial charge in [0, 0.05) is 0 Å². The summed E-state index contributed by atoms with van der Waals surface area (Å²) in [6.45, 7) is 9.13. The molecule has 0 amide bonds. The molecule has 1 aromatic rings. The van der Waals surface area contributed by atoms with Crippen molar-refractivity contribution >= 4 is 0 Å². The summed E-state index contributed by atoms with van der Waals surface area (Å²) in [5.74, 6) is 1.59. The third-order valence-electron chi connectivity index (χ3n) is 3.84. The first-order valence-electron chi connectivity index (χ1n) is 7.42. The van der Waals surface area contributed by atoms with Crippen LogP contribution in [-0.2, 0) is 0 Å².